The van der Waals surface area contributed by atoms with E-state index in [1.807, 2.05) is 19.1 Å². The Morgan fingerprint density at radius 1 is 1.00 bits per heavy atom. The molecule has 34 heavy (non-hydrogen) atoms. The molecular weight excluding hydrogens is 444 g/mol. The van der Waals surface area contributed by atoms with Crippen LogP contribution in [0.1, 0.15) is 31.1 Å². The zero-order valence-corrected chi connectivity index (χ0v) is 19.7. The first kappa shape index (κ1) is 22.2. The van der Waals surface area contributed by atoms with E-state index in [9.17, 15) is 9.59 Å². The van der Waals surface area contributed by atoms with E-state index < -0.39 is 23.4 Å². The Morgan fingerprint density at radius 3 is 2.35 bits per heavy atom. The van der Waals surface area contributed by atoms with Crippen LogP contribution in [0.3, 0.4) is 0 Å². The third-order valence-corrected chi connectivity index (χ3v) is 6.93. The molecule has 3 aliphatic rings. The van der Waals surface area contributed by atoms with Crippen molar-refractivity contribution in [1.29, 1.82) is 0 Å². The standard InChI is InChI=1S/C25H26O9/c1-12(26)34-21-15-8-18-17(32-11-33-18)7-14(15)20-13(9-25(2)16(21)10-31-24(25)27)6-19(28-3)22(29-4)23(20)30-5/h6-8,16,21H,9-11H2,1-5H3/t16-,21-,25+/m1/s1. The average Bonchev–Trinajstić information content (AvgIpc) is 3.38. The monoisotopic (exact) mass is 470 g/mol. The second-order valence-corrected chi connectivity index (χ2v) is 8.80. The molecule has 9 nitrogen and oxygen atoms in total. The number of methoxy groups -OCH3 is 3. The van der Waals surface area contributed by atoms with E-state index in [1.165, 1.54) is 14.0 Å². The van der Waals surface area contributed by atoms with E-state index in [4.69, 9.17) is 33.2 Å². The molecule has 9 heteroatoms. The fourth-order valence-corrected chi connectivity index (χ4v) is 5.28. The molecule has 2 heterocycles. The molecule has 0 amide bonds. The van der Waals surface area contributed by atoms with E-state index in [2.05, 4.69) is 0 Å². The maximum atomic E-state index is 13.1. The number of ether oxygens (including phenoxy) is 7. The third-order valence-electron chi connectivity index (χ3n) is 6.93. The number of benzene rings is 2. The number of rotatable bonds is 4. The summed E-state index contributed by atoms with van der Waals surface area (Å²) in [5.74, 6) is 1.18. The molecule has 1 aliphatic carbocycles. The SMILES string of the molecule is COc1cc2c(c(OC)c1OC)-c1cc3c(cc1[C@@H](OC(C)=O)[C@H]1COC(=O)[C@@]1(C)C2)OCO3. The summed E-state index contributed by atoms with van der Waals surface area (Å²) in [5, 5.41) is 0. The lowest BCUT2D eigenvalue weighted by molar-refractivity contribution is -0.153. The summed E-state index contributed by atoms with van der Waals surface area (Å²) in [7, 11) is 4.62. The summed E-state index contributed by atoms with van der Waals surface area (Å²) in [5.41, 5.74) is 1.94. The van der Waals surface area contributed by atoms with Gasteiger partial charge in [0.25, 0.3) is 0 Å². The predicted octanol–water partition coefficient (Wildman–Crippen LogP) is 3.45. The van der Waals surface area contributed by atoms with Crippen molar-refractivity contribution in [3.8, 4) is 39.9 Å². The Balaban J connectivity index is 1.89. The fourth-order valence-electron chi connectivity index (χ4n) is 5.28. The number of fused-ring (bicyclic) bond motifs is 5. The van der Waals surface area contributed by atoms with Crippen molar-refractivity contribution < 1.29 is 42.7 Å². The summed E-state index contributed by atoms with van der Waals surface area (Å²) < 4.78 is 39.8. The highest BCUT2D eigenvalue weighted by molar-refractivity contribution is 5.87. The first-order chi connectivity index (χ1) is 16.3. The topological polar surface area (TPSA) is 98.8 Å². The molecule has 2 aromatic rings. The molecule has 3 atom stereocenters. The molecule has 0 spiro atoms. The fraction of sp³-hybridized carbons (Fsp3) is 0.440. The smallest absolute Gasteiger partial charge is 0.312 e. The first-order valence-corrected chi connectivity index (χ1v) is 10.9. The lowest BCUT2D eigenvalue weighted by atomic mass is 9.67. The molecule has 2 aromatic carbocycles. The van der Waals surface area contributed by atoms with Gasteiger partial charge in [-0.1, -0.05) is 0 Å². The number of carbonyl (C=O) groups is 2. The van der Waals surface area contributed by atoms with E-state index in [1.54, 1.807) is 20.3 Å². The van der Waals surface area contributed by atoms with Crippen LogP contribution in [0.4, 0.5) is 0 Å². The van der Waals surface area contributed by atoms with Crippen molar-refractivity contribution in [2.75, 3.05) is 34.7 Å². The van der Waals surface area contributed by atoms with Crippen LogP contribution in [0, 0.1) is 11.3 Å². The number of carbonyl (C=O) groups excluding carboxylic acids is 2. The van der Waals surface area contributed by atoms with Crippen LogP contribution in [0.5, 0.6) is 28.7 Å². The molecule has 0 N–H and O–H groups in total. The van der Waals surface area contributed by atoms with Crippen LogP contribution in [0.25, 0.3) is 11.1 Å². The third kappa shape index (κ3) is 3.13. The minimum atomic E-state index is -0.965. The predicted molar refractivity (Wildman–Crippen MR) is 118 cm³/mol. The van der Waals surface area contributed by atoms with Gasteiger partial charge in [-0.15, -0.1) is 0 Å². The molecule has 0 aromatic heterocycles. The van der Waals surface area contributed by atoms with Crippen LogP contribution < -0.4 is 23.7 Å². The van der Waals surface area contributed by atoms with Crippen molar-refractivity contribution in [3.63, 3.8) is 0 Å². The van der Waals surface area contributed by atoms with Gasteiger partial charge in [0.1, 0.15) is 6.10 Å². The highest BCUT2D eigenvalue weighted by Crippen LogP contribution is 2.57. The summed E-state index contributed by atoms with van der Waals surface area (Å²) in [4.78, 5) is 25.3. The van der Waals surface area contributed by atoms with Gasteiger partial charge >= 0.3 is 11.9 Å². The van der Waals surface area contributed by atoms with Gasteiger partial charge in [0.05, 0.1) is 39.3 Å². The molecule has 0 unspecified atom stereocenters. The Morgan fingerprint density at radius 2 is 1.71 bits per heavy atom. The van der Waals surface area contributed by atoms with Gasteiger partial charge in [-0.3, -0.25) is 9.59 Å². The molecule has 5 rings (SSSR count). The number of hydrogen-bond donors (Lipinski definition) is 0. The van der Waals surface area contributed by atoms with Gasteiger partial charge in [-0.05, 0) is 42.7 Å². The normalized spacial score (nSPS) is 24.1. The van der Waals surface area contributed by atoms with Crippen LogP contribution in [-0.2, 0) is 25.5 Å². The van der Waals surface area contributed by atoms with Crippen LogP contribution >= 0.6 is 0 Å². The Labute approximate surface area is 196 Å². The van der Waals surface area contributed by atoms with Gasteiger partial charge in [0, 0.05) is 18.1 Å². The Kier molecular flexibility index (Phi) is 5.22. The minimum Gasteiger partial charge on any atom is -0.493 e. The highest BCUT2D eigenvalue weighted by atomic mass is 16.7. The van der Waals surface area contributed by atoms with Crippen molar-refractivity contribution in [3.05, 3.63) is 29.3 Å². The maximum absolute atomic E-state index is 13.1. The van der Waals surface area contributed by atoms with E-state index in [0.29, 0.717) is 46.3 Å². The number of hydrogen-bond acceptors (Lipinski definition) is 9. The number of cyclic esters (lactones) is 1. The molecule has 1 saturated heterocycles. The lowest BCUT2D eigenvalue weighted by Crippen LogP contribution is -2.38. The second-order valence-electron chi connectivity index (χ2n) is 8.80. The average molecular weight is 470 g/mol. The highest BCUT2D eigenvalue weighted by Gasteiger charge is 2.55. The molecular formula is C25H26O9. The zero-order valence-electron chi connectivity index (χ0n) is 19.7. The van der Waals surface area contributed by atoms with E-state index in [0.717, 1.165) is 11.1 Å². The molecule has 0 bridgehead atoms. The van der Waals surface area contributed by atoms with Gasteiger partial charge in [-0.25, -0.2) is 0 Å². The van der Waals surface area contributed by atoms with Crippen molar-refractivity contribution in [2.24, 2.45) is 11.3 Å². The lowest BCUT2D eigenvalue weighted by Gasteiger charge is -2.37. The summed E-state index contributed by atoms with van der Waals surface area (Å²) >= 11 is 0. The molecule has 1 fully saturated rings. The van der Waals surface area contributed by atoms with Crippen LogP contribution in [0.2, 0.25) is 0 Å². The van der Waals surface area contributed by atoms with Gasteiger partial charge in [0.2, 0.25) is 12.5 Å². The molecule has 0 saturated carbocycles. The summed E-state index contributed by atoms with van der Waals surface area (Å²) in [6.45, 7) is 3.40. The Hall–Kier alpha value is -3.62. The molecule has 0 radical (unpaired) electrons. The summed E-state index contributed by atoms with van der Waals surface area (Å²) in [6, 6.07) is 5.51. The zero-order chi connectivity index (χ0) is 24.2. The van der Waals surface area contributed by atoms with E-state index in [-0.39, 0.29) is 19.4 Å². The van der Waals surface area contributed by atoms with Gasteiger partial charge < -0.3 is 33.2 Å². The number of esters is 2. The summed E-state index contributed by atoms with van der Waals surface area (Å²) in [6.07, 6.45) is -0.446. The van der Waals surface area contributed by atoms with Crippen LogP contribution in [-0.4, -0.2) is 46.7 Å². The van der Waals surface area contributed by atoms with Gasteiger partial charge in [0.15, 0.2) is 23.0 Å². The van der Waals surface area contributed by atoms with Crippen LogP contribution in [0.15, 0.2) is 18.2 Å². The maximum Gasteiger partial charge on any atom is 0.312 e. The second kappa shape index (κ2) is 8.00. The first-order valence-electron chi connectivity index (χ1n) is 10.9. The minimum absolute atomic E-state index is 0.0785. The quantitative estimate of drug-likeness (QED) is 0.622. The van der Waals surface area contributed by atoms with Gasteiger partial charge in [-0.2, -0.15) is 0 Å². The Bertz CT molecular complexity index is 1190. The van der Waals surface area contributed by atoms with Crippen molar-refractivity contribution in [1.82, 2.24) is 0 Å². The molecule has 2 aliphatic heterocycles. The van der Waals surface area contributed by atoms with Crippen molar-refractivity contribution >= 4 is 11.9 Å². The van der Waals surface area contributed by atoms with Crippen molar-refractivity contribution in [2.45, 2.75) is 26.4 Å². The largest absolute Gasteiger partial charge is 0.493 e. The molecule has 180 valence electrons. The van der Waals surface area contributed by atoms with E-state index >= 15 is 0 Å².